The summed E-state index contributed by atoms with van der Waals surface area (Å²) in [5.74, 6) is 0.619. The first-order chi connectivity index (χ1) is 7.69. The Morgan fingerprint density at radius 2 is 2.06 bits per heavy atom. The third-order valence-electron chi connectivity index (χ3n) is 2.52. The van der Waals surface area contributed by atoms with E-state index in [4.69, 9.17) is 9.47 Å². The first-order valence-electron chi connectivity index (χ1n) is 5.49. The standard InChI is InChI=1S/C13H18O3/c1-4-10(2)9-16-13(14)11-7-5-6-8-12(11)15-3/h5-8,10H,4,9H2,1-3H3. The van der Waals surface area contributed by atoms with Crippen LogP contribution in [0.4, 0.5) is 0 Å². The first kappa shape index (κ1) is 12.6. The summed E-state index contributed by atoms with van der Waals surface area (Å²) >= 11 is 0. The Hall–Kier alpha value is -1.51. The lowest BCUT2D eigenvalue weighted by Crippen LogP contribution is -2.12. The molecule has 0 radical (unpaired) electrons. The Morgan fingerprint density at radius 1 is 1.38 bits per heavy atom. The monoisotopic (exact) mass is 222 g/mol. The first-order valence-corrected chi connectivity index (χ1v) is 5.49. The lowest BCUT2D eigenvalue weighted by atomic mass is 10.1. The quantitative estimate of drug-likeness (QED) is 0.718. The van der Waals surface area contributed by atoms with Crippen molar-refractivity contribution in [3.63, 3.8) is 0 Å². The van der Waals surface area contributed by atoms with Crippen LogP contribution >= 0.6 is 0 Å². The van der Waals surface area contributed by atoms with E-state index in [1.165, 1.54) is 0 Å². The molecule has 1 aromatic rings. The molecule has 1 atom stereocenters. The molecule has 0 N–H and O–H groups in total. The molecule has 0 saturated carbocycles. The van der Waals surface area contributed by atoms with Gasteiger partial charge in [0.2, 0.25) is 0 Å². The highest BCUT2D eigenvalue weighted by atomic mass is 16.5. The van der Waals surface area contributed by atoms with E-state index in [9.17, 15) is 4.79 Å². The van der Waals surface area contributed by atoms with Gasteiger partial charge < -0.3 is 9.47 Å². The van der Waals surface area contributed by atoms with Crippen LogP contribution in [0.15, 0.2) is 24.3 Å². The smallest absolute Gasteiger partial charge is 0.341 e. The number of hydrogen-bond donors (Lipinski definition) is 0. The van der Waals surface area contributed by atoms with Crippen LogP contribution in [0.3, 0.4) is 0 Å². The van der Waals surface area contributed by atoms with E-state index in [0.29, 0.717) is 23.8 Å². The number of para-hydroxylation sites is 1. The van der Waals surface area contributed by atoms with E-state index in [-0.39, 0.29) is 5.97 Å². The van der Waals surface area contributed by atoms with E-state index in [0.717, 1.165) is 6.42 Å². The molecule has 0 heterocycles. The molecule has 0 amide bonds. The van der Waals surface area contributed by atoms with Gasteiger partial charge in [0.05, 0.1) is 13.7 Å². The van der Waals surface area contributed by atoms with Crippen molar-refractivity contribution in [3.05, 3.63) is 29.8 Å². The lowest BCUT2D eigenvalue weighted by molar-refractivity contribution is 0.0443. The maximum absolute atomic E-state index is 11.7. The van der Waals surface area contributed by atoms with Crippen molar-refractivity contribution in [2.75, 3.05) is 13.7 Å². The molecule has 88 valence electrons. The molecule has 16 heavy (non-hydrogen) atoms. The van der Waals surface area contributed by atoms with E-state index in [1.54, 1.807) is 25.3 Å². The third-order valence-corrected chi connectivity index (χ3v) is 2.52. The SMILES string of the molecule is CCC(C)COC(=O)c1ccccc1OC. The van der Waals surface area contributed by atoms with Crippen molar-refractivity contribution >= 4 is 5.97 Å². The Labute approximate surface area is 96.4 Å². The van der Waals surface area contributed by atoms with Crippen LogP contribution in [-0.2, 0) is 4.74 Å². The molecule has 0 aliphatic carbocycles. The number of benzene rings is 1. The highest BCUT2D eigenvalue weighted by molar-refractivity contribution is 5.92. The predicted octanol–water partition coefficient (Wildman–Crippen LogP) is 2.90. The van der Waals surface area contributed by atoms with Gasteiger partial charge in [0.1, 0.15) is 11.3 Å². The lowest BCUT2D eigenvalue weighted by Gasteiger charge is -2.11. The van der Waals surface area contributed by atoms with Crippen molar-refractivity contribution in [2.45, 2.75) is 20.3 Å². The van der Waals surface area contributed by atoms with Gasteiger partial charge in [0.25, 0.3) is 0 Å². The number of methoxy groups -OCH3 is 1. The maximum atomic E-state index is 11.7. The van der Waals surface area contributed by atoms with Crippen LogP contribution in [0, 0.1) is 5.92 Å². The predicted molar refractivity (Wildman–Crippen MR) is 62.7 cm³/mol. The third kappa shape index (κ3) is 3.26. The fourth-order valence-electron chi connectivity index (χ4n) is 1.23. The normalized spacial score (nSPS) is 11.9. The van der Waals surface area contributed by atoms with E-state index in [1.807, 2.05) is 6.07 Å². The fourth-order valence-corrected chi connectivity index (χ4v) is 1.23. The minimum absolute atomic E-state index is 0.322. The van der Waals surface area contributed by atoms with E-state index >= 15 is 0 Å². The zero-order valence-corrected chi connectivity index (χ0v) is 10.0. The number of hydrogen-bond acceptors (Lipinski definition) is 3. The zero-order valence-electron chi connectivity index (χ0n) is 10.0. The van der Waals surface area contributed by atoms with Crippen LogP contribution in [0.25, 0.3) is 0 Å². The Balaban J connectivity index is 2.65. The Kier molecular flexibility index (Phi) is 4.83. The number of esters is 1. The minimum Gasteiger partial charge on any atom is -0.496 e. The van der Waals surface area contributed by atoms with Crippen molar-refractivity contribution in [1.82, 2.24) is 0 Å². The Morgan fingerprint density at radius 3 is 2.69 bits per heavy atom. The van der Waals surface area contributed by atoms with Gasteiger partial charge in [-0.2, -0.15) is 0 Å². The van der Waals surface area contributed by atoms with Crippen molar-refractivity contribution in [2.24, 2.45) is 5.92 Å². The maximum Gasteiger partial charge on any atom is 0.341 e. The second kappa shape index (κ2) is 6.16. The van der Waals surface area contributed by atoms with Crippen LogP contribution < -0.4 is 4.74 Å². The van der Waals surface area contributed by atoms with Gasteiger partial charge >= 0.3 is 5.97 Å². The van der Waals surface area contributed by atoms with E-state index < -0.39 is 0 Å². The van der Waals surface area contributed by atoms with Gasteiger partial charge in [0.15, 0.2) is 0 Å². The molecule has 0 saturated heterocycles. The second-order valence-electron chi connectivity index (χ2n) is 3.81. The molecule has 0 aliphatic heterocycles. The second-order valence-corrected chi connectivity index (χ2v) is 3.81. The van der Waals surface area contributed by atoms with Gasteiger partial charge in [-0.1, -0.05) is 32.4 Å². The molecule has 1 unspecified atom stereocenters. The molecule has 3 heteroatoms. The number of rotatable bonds is 5. The van der Waals surface area contributed by atoms with Gasteiger partial charge in [-0.3, -0.25) is 0 Å². The number of carbonyl (C=O) groups excluding carboxylic acids is 1. The van der Waals surface area contributed by atoms with E-state index in [2.05, 4.69) is 13.8 Å². The van der Waals surface area contributed by atoms with Crippen molar-refractivity contribution < 1.29 is 14.3 Å². The topological polar surface area (TPSA) is 35.5 Å². The highest BCUT2D eigenvalue weighted by Crippen LogP contribution is 2.18. The summed E-state index contributed by atoms with van der Waals surface area (Å²) in [5, 5.41) is 0. The number of carbonyl (C=O) groups is 1. The largest absolute Gasteiger partial charge is 0.496 e. The van der Waals surface area contributed by atoms with Crippen molar-refractivity contribution in [3.8, 4) is 5.75 Å². The summed E-state index contributed by atoms with van der Waals surface area (Å²) in [5.41, 5.74) is 0.480. The molecule has 0 spiro atoms. The molecule has 0 aliphatic rings. The molecular formula is C13H18O3. The highest BCUT2D eigenvalue weighted by Gasteiger charge is 2.13. The van der Waals surface area contributed by atoms with Crippen LogP contribution in [0.5, 0.6) is 5.75 Å². The van der Waals surface area contributed by atoms with Gasteiger partial charge in [-0.25, -0.2) is 4.79 Å². The molecule has 0 fully saturated rings. The molecular weight excluding hydrogens is 204 g/mol. The fraction of sp³-hybridized carbons (Fsp3) is 0.462. The summed E-state index contributed by atoms with van der Waals surface area (Å²) in [6.07, 6.45) is 0.999. The summed E-state index contributed by atoms with van der Waals surface area (Å²) in [7, 11) is 1.54. The molecule has 0 aromatic heterocycles. The average Bonchev–Trinajstić information content (AvgIpc) is 2.35. The van der Waals surface area contributed by atoms with Gasteiger partial charge in [0, 0.05) is 0 Å². The molecule has 3 nitrogen and oxygen atoms in total. The van der Waals surface area contributed by atoms with Crippen LogP contribution in [0.1, 0.15) is 30.6 Å². The summed E-state index contributed by atoms with van der Waals surface area (Å²) in [6.45, 7) is 4.57. The zero-order chi connectivity index (χ0) is 12.0. The summed E-state index contributed by atoms with van der Waals surface area (Å²) < 4.78 is 10.3. The van der Waals surface area contributed by atoms with Crippen LogP contribution in [-0.4, -0.2) is 19.7 Å². The molecule has 1 rings (SSSR count). The van der Waals surface area contributed by atoms with Crippen molar-refractivity contribution in [1.29, 1.82) is 0 Å². The Bertz CT molecular complexity index is 347. The number of ether oxygens (including phenoxy) is 2. The summed E-state index contributed by atoms with van der Waals surface area (Å²) in [4.78, 5) is 11.7. The molecule has 0 bridgehead atoms. The minimum atomic E-state index is -0.322. The van der Waals surface area contributed by atoms with Gasteiger partial charge in [-0.15, -0.1) is 0 Å². The van der Waals surface area contributed by atoms with Gasteiger partial charge in [-0.05, 0) is 18.1 Å². The molecule has 1 aromatic carbocycles. The van der Waals surface area contributed by atoms with Crippen LogP contribution in [0.2, 0.25) is 0 Å². The average molecular weight is 222 g/mol. The summed E-state index contributed by atoms with van der Waals surface area (Å²) in [6, 6.07) is 7.07.